The molecule has 1 aromatic carbocycles. The van der Waals surface area contributed by atoms with Gasteiger partial charge in [-0.25, -0.2) is 0 Å². The number of esters is 1. The van der Waals surface area contributed by atoms with Gasteiger partial charge in [0, 0.05) is 0 Å². The number of hydrogen-bond donors (Lipinski definition) is 1. The molecule has 0 radical (unpaired) electrons. The molecule has 5 nitrogen and oxygen atoms in total. The van der Waals surface area contributed by atoms with Crippen molar-refractivity contribution in [1.29, 1.82) is 0 Å². The van der Waals surface area contributed by atoms with Crippen molar-refractivity contribution < 1.29 is 24.7 Å². The lowest BCUT2D eigenvalue weighted by molar-refractivity contribution is -0.370. The molecule has 0 aromatic heterocycles. The highest BCUT2D eigenvalue weighted by atomic mass is 16.5. The zero-order chi connectivity index (χ0) is 12.8. The van der Waals surface area contributed by atoms with Gasteiger partial charge in [-0.3, -0.25) is 4.79 Å². The summed E-state index contributed by atoms with van der Waals surface area (Å²) in [5.74, 6) is 0.545. The summed E-state index contributed by atoms with van der Waals surface area (Å²) in [7, 11) is 4.49. The van der Waals surface area contributed by atoms with E-state index in [2.05, 4.69) is 5.73 Å². The Morgan fingerprint density at radius 1 is 1.24 bits per heavy atom. The van der Waals surface area contributed by atoms with Gasteiger partial charge in [0.1, 0.15) is 5.92 Å². The van der Waals surface area contributed by atoms with Crippen LogP contribution in [-0.2, 0) is 9.53 Å². The Balaban J connectivity index is 3.09. The van der Waals surface area contributed by atoms with E-state index in [9.17, 15) is 4.79 Å². The minimum Gasteiger partial charge on any atom is -0.493 e. The van der Waals surface area contributed by atoms with Crippen LogP contribution in [-0.4, -0.2) is 33.8 Å². The van der Waals surface area contributed by atoms with Crippen LogP contribution in [0.25, 0.3) is 0 Å². The Hall–Kier alpha value is -1.75. The van der Waals surface area contributed by atoms with Gasteiger partial charge < -0.3 is 19.9 Å². The topological polar surface area (TPSA) is 72.4 Å². The Bertz CT molecular complexity index is 392. The molecule has 0 aliphatic rings. The maximum absolute atomic E-state index is 11.6. The van der Waals surface area contributed by atoms with Crippen LogP contribution in [0.4, 0.5) is 0 Å². The Labute approximate surface area is 100 Å². The largest absolute Gasteiger partial charge is 0.493 e. The fraction of sp³-hybridized carbons (Fsp3) is 0.417. The van der Waals surface area contributed by atoms with Crippen LogP contribution >= 0.6 is 0 Å². The number of carbonyl (C=O) groups is 1. The predicted octanol–water partition coefficient (Wildman–Crippen LogP) is 0.202. The Morgan fingerprint density at radius 2 is 1.88 bits per heavy atom. The minimum atomic E-state index is -0.375. The molecule has 0 spiro atoms. The van der Waals surface area contributed by atoms with E-state index in [1.807, 2.05) is 6.07 Å². The van der Waals surface area contributed by atoms with Crippen LogP contribution in [0.15, 0.2) is 18.2 Å². The van der Waals surface area contributed by atoms with E-state index >= 15 is 0 Å². The number of carbonyl (C=O) groups excluding carboxylic acids is 1. The van der Waals surface area contributed by atoms with E-state index < -0.39 is 0 Å². The molecule has 0 heterocycles. The molecule has 0 saturated heterocycles. The van der Waals surface area contributed by atoms with Gasteiger partial charge >= 0.3 is 5.97 Å². The summed E-state index contributed by atoms with van der Waals surface area (Å²) in [6, 6.07) is 5.35. The van der Waals surface area contributed by atoms with E-state index in [1.54, 1.807) is 26.4 Å². The van der Waals surface area contributed by atoms with Crippen molar-refractivity contribution in [2.24, 2.45) is 0 Å². The molecule has 0 aliphatic carbocycles. The van der Waals surface area contributed by atoms with Gasteiger partial charge in [-0.1, -0.05) is 6.07 Å². The van der Waals surface area contributed by atoms with Gasteiger partial charge in [0.05, 0.1) is 27.9 Å². The second-order valence-corrected chi connectivity index (χ2v) is 3.48. The molecular weight excluding hydrogens is 222 g/mol. The highest BCUT2D eigenvalue weighted by molar-refractivity contribution is 5.78. The highest BCUT2D eigenvalue weighted by Gasteiger charge is 2.23. The molecule has 17 heavy (non-hydrogen) atoms. The van der Waals surface area contributed by atoms with Gasteiger partial charge in [-0.2, -0.15) is 0 Å². The smallest absolute Gasteiger partial charge is 0.318 e. The van der Waals surface area contributed by atoms with Gasteiger partial charge in [-0.15, -0.1) is 0 Å². The zero-order valence-electron chi connectivity index (χ0n) is 10.4. The normalized spacial score (nSPS) is 11.8. The fourth-order valence-corrected chi connectivity index (χ4v) is 1.63. The van der Waals surface area contributed by atoms with E-state index in [0.717, 1.165) is 5.56 Å². The van der Waals surface area contributed by atoms with Gasteiger partial charge in [0.25, 0.3) is 0 Å². The molecule has 1 aromatic rings. The van der Waals surface area contributed by atoms with Gasteiger partial charge in [-0.05, 0) is 17.7 Å². The lowest BCUT2D eigenvalue weighted by Crippen LogP contribution is -2.54. The molecule has 0 bridgehead atoms. The zero-order valence-corrected chi connectivity index (χ0v) is 10.4. The summed E-state index contributed by atoms with van der Waals surface area (Å²) in [4.78, 5) is 11.6. The summed E-state index contributed by atoms with van der Waals surface area (Å²) in [5, 5.41) is 0. The average molecular weight is 240 g/mol. The molecule has 1 rings (SSSR count). The lowest BCUT2D eigenvalue weighted by Gasteiger charge is -2.14. The Kier molecular flexibility index (Phi) is 4.78. The van der Waals surface area contributed by atoms with Crippen molar-refractivity contribution in [2.75, 3.05) is 27.9 Å². The summed E-state index contributed by atoms with van der Waals surface area (Å²) in [6.45, 7) is 0.433. The van der Waals surface area contributed by atoms with Crippen LogP contribution in [0, 0.1) is 0 Å². The number of quaternary nitrogens is 1. The first-order valence-electron chi connectivity index (χ1n) is 5.26. The van der Waals surface area contributed by atoms with Gasteiger partial charge in [0.2, 0.25) is 0 Å². The number of rotatable bonds is 5. The number of ether oxygens (including phenoxy) is 3. The monoisotopic (exact) mass is 240 g/mol. The van der Waals surface area contributed by atoms with Crippen LogP contribution in [0.3, 0.4) is 0 Å². The average Bonchev–Trinajstić information content (AvgIpc) is 2.38. The molecule has 0 fully saturated rings. The first kappa shape index (κ1) is 13.3. The molecular formula is C12H18NO4+. The van der Waals surface area contributed by atoms with Crippen molar-refractivity contribution in [3.05, 3.63) is 23.8 Å². The molecule has 0 aliphatic heterocycles. The van der Waals surface area contributed by atoms with Crippen molar-refractivity contribution >= 4 is 5.97 Å². The molecule has 0 saturated carbocycles. The first-order chi connectivity index (χ1) is 8.17. The van der Waals surface area contributed by atoms with Crippen molar-refractivity contribution in [3.8, 4) is 11.5 Å². The Morgan fingerprint density at radius 3 is 2.35 bits per heavy atom. The maximum atomic E-state index is 11.6. The molecule has 0 amide bonds. The first-order valence-corrected chi connectivity index (χ1v) is 5.26. The van der Waals surface area contributed by atoms with Crippen LogP contribution in [0.5, 0.6) is 11.5 Å². The second-order valence-electron chi connectivity index (χ2n) is 3.48. The summed E-state index contributed by atoms with van der Waals surface area (Å²) in [5.41, 5.74) is 4.57. The van der Waals surface area contributed by atoms with E-state index in [0.29, 0.717) is 18.0 Å². The molecule has 94 valence electrons. The predicted molar refractivity (Wildman–Crippen MR) is 62.1 cm³/mol. The molecule has 5 heteroatoms. The molecule has 1 atom stereocenters. The third-order valence-electron chi connectivity index (χ3n) is 2.58. The van der Waals surface area contributed by atoms with Crippen molar-refractivity contribution in [1.82, 2.24) is 0 Å². The van der Waals surface area contributed by atoms with E-state index in [-0.39, 0.29) is 11.9 Å². The standard InChI is InChI=1S/C12H17NO4/c1-15-10-5-4-8(6-11(10)16-2)9(7-13)12(14)17-3/h4-6,9H,7,13H2,1-3H3/p+1. The highest BCUT2D eigenvalue weighted by Crippen LogP contribution is 2.30. The number of hydrogen-bond acceptors (Lipinski definition) is 4. The summed E-state index contributed by atoms with van der Waals surface area (Å²) >= 11 is 0. The summed E-state index contributed by atoms with van der Waals surface area (Å²) in [6.07, 6.45) is 0. The number of benzene rings is 1. The second kappa shape index (κ2) is 6.10. The van der Waals surface area contributed by atoms with Crippen molar-refractivity contribution in [2.45, 2.75) is 5.92 Å². The maximum Gasteiger partial charge on any atom is 0.318 e. The van der Waals surface area contributed by atoms with E-state index in [1.165, 1.54) is 7.11 Å². The minimum absolute atomic E-state index is 0.299. The molecule has 3 N–H and O–H groups in total. The van der Waals surface area contributed by atoms with E-state index in [4.69, 9.17) is 14.2 Å². The van der Waals surface area contributed by atoms with Crippen LogP contribution < -0.4 is 15.2 Å². The summed E-state index contributed by atoms with van der Waals surface area (Å²) < 4.78 is 15.1. The fourth-order valence-electron chi connectivity index (χ4n) is 1.63. The SMILES string of the molecule is COC(=O)C(C[NH3+])c1ccc(OC)c(OC)c1. The molecule has 1 unspecified atom stereocenters. The quantitative estimate of drug-likeness (QED) is 0.746. The third kappa shape index (κ3) is 2.88. The van der Waals surface area contributed by atoms with Crippen LogP contribution in [0.1, 0.15) is 11.5 Å². The van der Waals surface area contributed by atoms with Gasteiger partial charge in [0.15, 0.2) is 11.5 Å². The number of methoxy groups -OCH3 is 3. The van der Waals surface area contributed by atoms with Crippen LogP contribution in [0.2, 0.25) is 0 Å². The lowest BCUT2D eigenvalue weighted by atomic mass is 9.99. The van der Waals surface area contributed by atoms with Crippen molar-refractivity contribution in [3.63, 3.8) is 0 Å². The third-order valence-corrected chi connectivity index (χ3v) is 2.58.